The van der Waals surface area contributed by atoms with E-state index in [0.29, 0.717) is 6.04 Å². The van der Waals surface area contributed by atoms with Crippen molar-refractivity contribution in [2.45, 2.75) is 25.6 Å². The van der Waals surface area contributed by atoms with Crippen LogP contribution in [0.3, 0.4) is 0 Å². The summed E-state index contributed by atoms with van der Waals surface area (Å²) in [6.07, 6.45) is 1.14. The van der Waals surface area contributed by atoms with Crippen LogP contribution in [0, 0.1) is 0 Å². The van der Waals surface area contributed by atoms with Gasteiger partial charge in [0.15, 0.2) is 0 Å². The van der Waals surface area contributed by atoms with E-state index in [1.54, 1.807) is 11.3 Å². The van der Waals surface area contributed by atoms with Crippen LogP contribution in [0.25, 0.3) is 0 Å². The molecule has 0 fully saturated rings. The predicted octanol–water partition coefficient (Wildman–Crippen LogP) is 3.83. The van der Waals surface area contributed by atoms with Gasteiger partial charge in [-0.25, -0.2) is 0 Å². The summed E-state index contributed by atoms with van der Waals surface area (Å²) in [5.74, 6) is 0. The standard InChI is InChI=1S/C15H17BrN2S/c16-12-7-13(19-10-12)9-18-15-5-6-17-8-11-3-1-2-4-14(11)15/h1-4,7,10,15,17-18H,5-6,8-9H2. The van der Waals surface area contributed by atoms with E-state index in [-0.39, 0.29) is 0 Å². The summed E-state index contributed by atoms with van der Waals surface area (Å²) in [4.78, 5) is 1.38. The summed E-state index contributed by atoms with van der Waals surface area (Å²) in [5, 5.41) is 9.33. The maximum atomic E-state index is 3.70. The molecular formula is C15H17BrN2S. The summed E-state index contributed by atoms with van der Waals surface area (Å²) >= 11 is 5.31. The lowest BCUT2D eigenvalue weighted by Crippen LogP contribution is -2.22. The van der Waals surface area contributed by atoms with Crippen LogP contribution in [0.1, 0.15) is 28.5 Å². The highest BCUT2D eigenvalue weighted by Gasteiger charge is 2.17. The molecular weight excluding hydrogens is 320 g/mol. The molecule has 0 saturated carbocycles. The number of rotatable bonds is 3. The van der Waals surface area contributed by atoms with Crippen LogP contribution in [0.2, 0.25) is 0 Å². The van der Waals surface area contributed by atoms with Gasteiger partial charge in [0.05, 0.1) is 0 Å². The second kappa shape index (κ2) is 6.18. The van der Waals surface area contributed by atoms with Crippen LogP contribution in [-0.2, 0) is 13.1 Å². The average molecular weight is 337 g/mol. The highest BCUT2D eigenvalue weighted by atomic mass is 79.9. The molecule has 0 spiro atoms. The highest BCUT2D eigenvalue weighted by molar-refractivity contribution is 9.10. The third-order valence-electron chi connectivity index (χ3n) is 3.50. The number of halogens is 1. The van der Waals surface area contributed by atoms with Gasteiger partial charge in [-0.15, -0.1) is 11.3 Å². The van der Waals surface area contributed by atoms with E-state index in [4.69, 9.17) is 0 Å². The summed E-state index contributed by atoms with van der Waals surface area (Å²) in [5.41, 5.74) is 2.87. The summed E-state index contributed by atoms with van der Waals surface area (Å²) < 4.78 is 1.18. The number of fused-ring (bicyclic) bond motifs is 1. The average Bonchev–Trinajstić information content (AvgIpc) is 2.73. The van der Waals surface area contributed by atoms with Crippen LogP contribution in [0.15, 0.2) is 40.2 Å². The fourth-order valence-electron chi connectivity index (χ4n) is 2.54. The zero-order valence-electron chi connectivity index (χ0n) is 10.7. The maximum Gasteiger partial charge on any atom is 0.0338 e. The minimum absolute atomic E-state index is 0.451. The first-order valence-corrected chi connectivity index (χ1v) is 8.25. The van der Waals surface area contributed by atoms with Gasteiger partial charge in [0.1, 0.15) is 0 Å². The molecule has 3 rings (SSSR count). The number of benzene rings is 1. The summed E-state index contributed by atoms with van der Waals surface area (Å²) in [7, 11) is 0. The quantitative estimate of drug-likeness (QED) is 0.889. The van der Waals surface area contributed by atoms with Crippen molar-refractivity contribution in [1.82, 2.24) is 10.6 Å². The molecule has 19 heavy (non-hydrogen) atoms. The van der Waals surface area contributed by atoms with Gasteiger partial charge in [0.25, 0.3) is 0 Å². The molecule has 0 amide bonds. The zero-order valence-corrected chi connectivity index (χ0v) is 13.1. The molecule has 2 nitrogen and oxygen atoms in total. The van der Waals surface area contributed by atoms with Crippen molar-refractivity contribution in [2.75, 3.05) is 6.54 Å². The van der Waals surface area contributed by atoms with Crippen molar-refractivity contribution in [1.29, 1.82) is 0 Å². The van der Waals surface area contributed by atoms with Gasteiger partial charge in [0, 0.05) is 33.9 Å². The molecule has 1 aromatic carbocycles. The van der Waals surface area contributed by atoms with Crippen molar-refractivity contribution in [3.05, 3.63) is 56.2 Å². The van der Waals surface area contributed by atoms with Gasteiger partial charge in [-0.3, -0.25) is 0 Å². The van der Waals surface area contributed by atoms with Crippen LogP contribution < -0.4 is 10.6 Å². The number of hydrogen-bond donors (Lipinski definition) is 2. The van der Waals surface area contributed by atoms with E-state index in [1.165, 1.54) is 20.5 Å². The lowest BCUT2D eigenvalue weighted by atomic mass is 9.99. The van der Waals surface area contributed by atoms with Crippen molar-refractivity contribution in [3.63, 3.8) is 0 Å². The molecule has 1 unspecified atom stereocenters. The normalized spacial score (nSPS) is 18.9. The zero-order chi connectivity index (χ0) is 13.1. The second-order valence-corrected chi connectivity index (χ2v) is 6.74. The van der Waals surface area contributed by atoms with Crippen molar-refractivity contribution in [3.8, 4) is 0 Å². The van der Waals surface area contributed by atoms with Gasteiger partial charge >= 0.3 is 0 Å². The molecule has 0 bridgehead atoms. The molecule has 1 aliphatic rings. The molecule has 100 valence electrons. The molecule has 1 atom stereocenters. The van der Waals surface area contributed by atoms with Crippen LogP contribution in [0.5, 0.6) is 0 Å². The summed E-state index contributed by atoms with van der Waals surface area (Å²) in [6.45, 7) is 2.99. The van der Waals surface area contributed by atoms with Crippen molar-refractivity contribution in [2.24, 2.45) is 0 Å². The van der Waals surface area contributed by atoms with Crippen molar-refractivity contribution >= 4 is 27.3 Å². The molecule has 0 aliphatic carbocycles. The SMILES string of the molecule is Brc1csc(CNC2CCNCc3ccccc32)c1. The smallest absolute Gasteiger partial charge is 0.0338 e. The minimum Gasteiger partial charge on any atom is -0.313 e. The maximum absolute atomic E-state index is 3.70. The Bertz CT molecular complexity index is 553. The van der Waals surface area contributed by atoms with E-state index in [1.807, 2.05) is 0 Å². The molecule has 0 saturated heterocycles. The second-order valence-electron chi connectivity index (χ2n) is 4.83. The Hall–Kier alpha value is -0.680. The highest BCUT2D eigenvalue weighted by Crippen LogP contribution is 2.25. The summed E-state index contributed by atoms with van der Waals surface area (Å²) in [6, 6.07) is 11.4. The Labute approximate surface area is 126 Å². The Balaban J connectivity index is 1.73. The lowest BCUT2D eigenvalue weighted by Gasteiger charge is -2.18. The van der Waals surface area contributed by atoms with Gasteiger partial charge in [0.2, 0.25) is 0 Å². The Morgan fingerprint density at radius 3 is 3.11 bits per heavy atom. The molecule has 2 aromatic rings. The Morgan fingerprint density at radius 2 is 2.26 bits per heavy atom. The number of nitrogens with one attached hydrogen (secondary N) is 2. The molecule has 1 aliphatic heterocycles. The third-order valence-corrected chi connectivity index (χ3v) is 5.20. The fourth-order valence-corrected chi connectivity index (χ4v) is 3.94. The van der Waals surface area contributed by atoms with E-state index in [2.05, 4.69) is 62.3 Å². The largest absolute Gasteiger partial charge is 0.313 e. The van der Waals surface area contributed by atoms with Crippen LogP contribution >= 0.6 is 27.3 Å². The van der Waals surface area contributed by atoms with Gasteiger partial charge in [-0.1, -0.05) is 24.3 Å². The Morgan fingerprint density at radius 1 is 1.37 bits per heavy atom. The molecule has 1 aromatic heterocycles. The monoisotopic (exact) mass is 336 g/mol. The van der Waals surface area contributed by atoms with Crippen molar-refractivity contribution < 1.29 is 0 Å². The minimum atomic E-state index is 0.451. The van der Waals surface area contributed by atoms with Gasteiger partial charge in [-0.2, -0.15) is 0 Å². The number of thiophene rings is 1. The van der Waals surface area contributed by atoms with E-state index in [0.717, 1.165) is 26.1 Å². The Kier molecular flexibility index (Phi) is 4.33. The molecule has 2 heterocycles. The topological polar surface area (TPSA) is 24.1 Å². The van der Waals surface area contributed by atoms with E-state index >= 15 is 0 Å². The van der Waals surface area contributed by atoms with E-state index in [9.17, 15) is 0 Å². The first-order chi connectivity index (χ1) is 9.33. The van der Waals surface area contributed by atoms with Crippen LogP contribution in [0.4, 0.5) is 0 Å². The van der Waals surface area contributed by atoms with Gasteiger partial charge in [-0.05, 0) is 46.1 Å². The molecule has 4 heteroatoms. The molecule has 2 N–H and O–H groups in total. The third kappa shape index (κ3) is 3.26. The fraction of sp³-hybridized carbons (Fsp3) is 0.333. The predicted molar refractivity (Wildman–Crippen MR) is 84.4 cm³/mol. The number of hydrogen-bond acceptors (Lipinski definition) is 3. The van der Waals surface area contributed by atoms with Gasteiger partial charge < -0.3 is 10.6 Å². The van der Waals surface area contributed by atoms with Crippen LogP contribution in [-0.4, -0.2) is 6.54 Å². The molecule has 0 radical (unpaired) electrons. The van der Waals surface area contributed by atoms with E-state index < -0.39 is 0 Å². The first-order valence-electron chi connectivity index (χ1n) is 6.58. The lowest BCUT2D eigenvalue weighted by molar-refractivity contribution is 0.498. The first kappa shape index (κ1) is 13.3.